The molecule has 0 spiro atoms. The van der Waals surface area contributed by atoms with Crippen molar-refractivity contribution in [2.24, 2.45) is 0 Å². The lowest BCUT2D eigenvalue weighted by atomic mass is 9.95. The summed E-state index contributed by atoms with van der Waals surface area (Å²) in [4.78, 5) is 0. The van der Waals surface area contributed by atoms with Crippen molar-refractivity contribution in [3.05, 3.63) is 288 Å². The van der Waals surface area contributed by atoms with Crippen molar-refractivity contribution in [2.45, 2.75) is 171 Å². The van der Waals surface area contributed by atoms with E-state index in [0.717, 1.165) is 32.1 Å². The van der Waals surface area contributed by atoms with Crippen LogP contribution in [-0.4, -0.2) is 0 Å². The Bertz CT molecular complexity index is 4390. The number of rotatable bonds is 0. The van der Waals surface area contributed by atoms with Gasteiger partial charge in [0.05, 0.1) is 0 Å². The molecule has 0 radical (unpaired) electrons. The molecule has 0 aliphatic heterocycles. The zero-order chi connectivity index (χ0) is 60.8. The van der Waals surface area contributed by atoms with Gasteiger partial charge in [-0.3, -0.25) is 0 Å². The highest BCUT2D eigenvalue weighted by Gasteiger charge is 2.27. The van der Waals surface area contributed by atoms with Crippen LogP contribution in [0, 0.1) is 138 Å². The summed E-state index contributed by atoms with van der Waals surface area (Å²) in [5, 5.41) is 0. The van der Waals surface area contributed by atoms with Gasteiger partial charge in [-0.25, -0.2) is 0 Å². The molecular formula is C85H90. The molecule has 0 heterocycles. The smallest absolute Gasteiger partial charge is 0.000799 e. The molecule has 0 N–H and O–H groups in total. The minimum atomic E-state index is 1.11. The van der Waals surface area contributed by atoms with Crippen LogP contribution in [0.4, 0.5) is 0 Å². The van der Waals surface area contributed by atoms with Crippen molar-refractivity contribution in [1.29, 1.82) is 0 Å². The Labute approximate surface area is 511 Å². The highest BCUT2D eigenvalue weighted by molar-refractivity contribution is 5.85. The second kappa shape index (κ2) is 22.9. The lowest BCUT2D eigenvalue weighted by Crippen LogP contribution is -1.90. The fraction of sp³-hybridized carbons (Fsp3) is 0.294. The summed E-state index contributed by atoms with van der Waals surface area (Å²) in [6, 6.07) is 45.8. The third kappa shape index (κ3) is 10.6. The quantitative estimate of drug-likeness (QED) is 0.142. The van der Waals surface area contributed by atoms with Crippen molar-refractivity contribution in [2.75, 3.05) is 0 Å². The van der Waals surface area contributed by atoms with E-state index in [1.165, 1.54) is 223 Å². The number of hydrogen-bond acceptors (Lipinski definition) is 0. The molecule has 0 heteroatoms. The minimum Gasteiger partial charge on any atom is -0.0587 e. The highest BCUT2D eigenvalue weighted by Crippen LogP contribution is 2.46. The molecular weight excluding hydrogens is 1020 g/mol. The maximum Gasteiger partial charge on any atom is -0.000799 e. The zero-order valence-electron chi connectivity index (χ0n) is 55.1. The Balaban J connectivity index is 0.000000111. The van der Waals surface area contributed by atoms with Crippen LogP contribution in [0.15, 0.2) is 121 Å². The first-order valence-electron chi connectivity index (χ1n) is 31.4. The molecule has 0 amide bonds. The summed E-state index contributed by atoms with van der Waals surface area (Å²) < 4.78 is 0. The van der Waals surface area contributed by atoms with Gasteiger partial charge in [0.1, 0.15) is 0 Å². The molecule has 15 rings (SSSR count). The molecule has 5 aliphatic rings. The van der Waals surface area contributed by atoms with Crippen molar-refractivity contribution in [3.63, 3.8) is 0 Å². The number of aryl methyl sites for hydroxylation is 14. The van der Waals surface area contributed by atoms with E-state index < -0.39 is 0 Å². The van der Waals surface area contributed by atoms with Crippen molar-refractivity contribution in [3.8, 4) is 55.6 Å². The van der Waals surface area contributed by atoms with Crippen molar-refractivity contribution >= 4 is 0 Å². The molecule has 85 heavy (non-hydrogen) atoms. The lowest BCUT2D eigenvalue weighted by molar-refractivity contribution is 1.16. The van der Waals surface area contributed by atoms with Gasteiger partial charge in [-0.1, -0.05) is 132 Å². The van der Waals surface area contributed by atoms with Gasteiger partial charge < -0.3 is 0 Å². The summed E-state index contributed by atoms with van der Waals surface area (Å²) in [7, 11) is 0. The van der Waals surface area contributed by atoms with Crippen LogP contribution in [0.5, 0.6) is 0 Å². The molecule has 0 fully saturated rings. The molecule has 10 aromatic carbocycles. The standard InChI is InChI=1S/5C17H18/c1-10-6-8-15-16(12(10)3)9-14-7-5-11(2)13(4)17(14)15;1-10-7-12(3)17-14(8-10)9-16-13(4)11(2)5-6-15(16)17;1-10-7-12(3)15-9-16-13(4)11(2)5-6-14(16)17(15)8-10;1-10-5-6-15-16(13(10)4)9-14-7-11(2)12(3)8-17(14)15;1-10-7-8-14-16(13(10)4)9-15-11(2)5-6-12(3)17(14)15/h5*5-8H,9H2,1-4H3. The number of hydrogen-bond donors (Lipinski definition) is 0. The average molecular weight is 1110 g/mol. The predicted molar refractivity (Wildman–Crippen MR) is 368 cm³/mol. The molecule has 10 aromatic rings. The third-order valence-electron chi connectivity index (χ3n) is 21.0. The van der Waals surface area contributed by atoms with Crippen LogP contribution >= 0.6 is 0 Å². The summed E-state index contributed by atoms with van der Waals surface area (Å²) in [5.74, 6) is 0. The van der Waals surface area contributed by atoms with Gasteiger partial charge in [0.15, 0.2) is 0 Å². The maximum atomic E-state index is 2.36. The van der Waals surface area contributed by atoms with Gasteiger partial charge in [0, 0.05) is 0 Å². The molecule has 0 bridgehead atoms. The van der Waals surface area contributed by atoms with Crippen molar-refractivity contribution < 1.29 is 0 Å². The molecule has 0 unspecified atom stereocenters. The first-order chi connectivity index (χ1) is 40.4. The van der Waals surface area contributed by atoms with Gasteiger partial charge in [0.25, 0.3) is 0 Å². The molecule has 0 aromatic heterocycles. The number of benzene rings is 10. The van der Waals surface area contributed by atoms with Gasteiger partial charge in [0.2, 0.25) is 0 Å². The Morgan fingerprint density at radius 2 is 0.553 bits per heavy atom. The van der Waals surface area contributed by atoms with Crippen LogP contribution in [0.3, 0.4) is 0 Å². The van der Waals surface area contributed by atoms with Gasteiger partial charge in [-0.05, 0) is 382 Å². The lowest BCUT2D eigenvalue weighted by Gasteiger charge is -2.10. The summed E-state index contributed by atoms with van der Waals surface area (Å²) >= 11 is 0. The van der Waals surface area contributed by atoms with E-state index in [4.69, 9.17) is 0 Å². The first kappa shape index (κ1) is 59.0. The summed E-state index contributed by atoms with van der Waals surface area (Å²) in [6.07, 6.45) is 5.56. The SMILES string of the molecule is Cc1cc(C)c2c(c1)-c1ccc(C)c(C)c1C2.Cc1cc(C)c2c(c1)Cc1c-2ccc(C)c1C.Cc1cc2c(cc1C)-c1ccc(C)c(C)c1C2.Cc1ccc2c(c1C)Cc1c(C)ccc(C)c1-2.Cc1ccc2c(c1C)Cc1ccc(C)c(C)c1-2. The zero-order valence-corrected chi connectivity index (χ0v) is 55.1. The number of fused-ring (bicyclic) bond motifs is 15. The Morgan fingerprint density at radius 3 is 1.13 bits per heavy atom. The van der Waals surface area contributed by atoms with Gasteiger partial charge in [-0.15, -0.1) is 0 Å². The predicted octanol–water partition coefficient (Wildman–Crippen LogP) is 22.5. The van der Waals surface area contributed by atoms with Crippen LogP contribution in [0.1, 0.15) is 167 Å². The van der Waals surface area contributed by atoms with E-state index in [1.807, 2.05) is 0 Å². The maximum absolute atomic E-state index is 2.36. The third-order valence-corrected chi connectivity index (χ3v) is 21.0. The normalized spacial score (nSPS) is 12.5. The Hall–Kier alpha value is -7.80. The van der Waals surface area contributed by atoms with Crippen LogP contribution < -0.4 is 0 Å². The monoisotopic (exact) mass is 1110 g/mol. The molecule has 0 nitrogen and oxygen atoms in total. The fourth-order valence-electron chi connectivity index (χ4n) is 14.8. The van der Waals surface area contributed by atoms with E-state index in [1.54, 1.807) is 0 Å². The van der Waals surface area contributed by atoms with E-state index >= 15 is 0 Å². The molecule has 0 atom stereocenters. The average Bonchev–Trinajstić information content (AvgIpc) is 2.32. The van der Waals surface area contributed by atoms with Crippen molar-refractivity contribution in [1.82, 2.24) is 0 Å². The molecule has 0 saturated carbocycles. The fourth-order valence-corrected chi connectivity index (χ4v) is 14.8. The largest absolute Gasteiger partial charge is 0.0587 e. The van der Waals surface area contributed by atoms with Gasteiger partial charge in [-0.2, -0.15) is 0 Å². The van der Waals surface area contributed by atoms with Crippen LogP contribution in [0.2, 0.25) is 0 Å². The molecule has 0 saturated heterocycles. The summed E-state index contributed by atoms with van der Waals surface area (Å²) in [5.41, 5.74) is 58.4. The molecule has 5 aliphatic carbocycles. The Morgan fingerprint density at radius 1 is 0.176 bits per heavy atom. The molecule has 430 valence electrons. The van der Waals surface area contributed by atoms with Crippen LogP contribution in [-0.2, 0) is 32.1 Å². The minimum absolute atomic E-state index is 1.11. The Kier molecular flexibility index (Phi) is 15.9. The van der Waals surface area contributed by atoms with E-state index in [-0.39, 0.29) is 0 Å². The second-order valence-corrected chi connectivity index (χ2v) is 26.5. The second-order valence-electron chi connectivity index (χ2n) is 26.5. The van der Waals surface area contributed by atoms with Crippen LogP contribution in [0.25, 0.3) is 55.6 Å². The first-order valence-corrected chi connectivity index (χ1v) is 31.4. The topological polar surface area (TPSA) is 0 Å². The van der Waals surface area contributed by atoms with E-state index in [2.05, 4.69) is 260 Å². The van der Waals surface area contributed by atoms with E-state index in [0.29, 0.717) is 0 Å². The highest BCUT2D eigenvalue weighted by atomic mass is 14.3. The van der Waals surface area contributed by atoms with E-state index in [9.17, 15) is 0 Å². The van der Waals surface area contributed by atoms with Gasteiger partial charge >= 0.3 is 0 Å². The summed E-state index contributed by atoms with van der Waals surface area (Å²) in [6.45, 7) is 44.4.